The van der Waals surface area contributed by atoms with E-state index in [4.69, 9.17) is 5.11 Å². The van der Waals surface area contributed by atoms with Crippen LogP contribution in [0, 0.1) is 10.7 Å². The molecule has 3 nitrogen and oxygen atoms in total. The van der Waals surface area contributed by atoms with E-state index < -0.39 is 0 Å². The molecular formula is C14H16I3NO2. The zero-order valence-electron chi connectivity index (χ0n) is 10.9. The van der Waals surface area contributed by atoms with E-state index in [0.29, 0.717) is 19.0 Å². The second kappa shape index (κ2) is 7.91. The van der Waals surface area contributed by atoms with Gasteiger partial charge in [0.1, 0.15) is 0 Å². The molecule has 0 aliphatic heterocycles. The Labute approximate surface area is 160 Å². The predicted octanol–water partition coefficient (Wildman–Crippen LogP) is 3.88. The van der Waals surface area contributed by atoms with Crippen molar-refractivity contribution in [2.45, 2.75) is 31.7 Å². The van der Waals surface area contributed by atoms with E-state index in [1.54, 1.807) is 0 Å². The molecular weight excluding hydrogens is 595 g/mol. The van der Waals surface area contributed by atoms with Crippen molar-refractivity contribution in [1.29, 1.82) is 0 Å². The Morgan fingerprint density at radius 1 is 1.30 bits per heavy atom. The highest BCUT2D eigenvalue weighted by Gasteiger charge is 2.30. The summed E-state index contributed by atoms with van der Waals surface area (Å²) in [5.74, 6) is 0.115. The predicted molar refractivity (Wildman–Crippen MR) is 105 cm³/mol. The van der Waals surface area contributed by atoms with Crippen LogP contribution in [0.2, 0.25) is 0 Å². The maximum Gasteiger partial charge on any atom is 0.255 e. The van der Waals surface area contributed by atoms with Crippen molar-refractivity contribution in [3.05, 3.63) is 28.4 Å². The molecule has 2 rings (SSSR count). The van der Waals surface area contributed by atoms with Gasteiger partial charge < -0.3 is 10.0 Å². The monoisotopic (exact) mass is 611 g/mol. The van der Waals surface area contributed by atoms with Gasteiger partial charge in [-0.25, -0.2) is 0 Å². The number of nitrogens with zero attached hydrogens (tertiary/aromatic N) is 1. The molecule has 1 aliphatic rings. The maximum absolute atomic E-state index is 12.8. The van der Waals surface area contributed by atoms with Gasteiger partial charge in [0.25, 0.3) is 5.91 Å². The second-order valence-electron chi connectivity index (χ2n) is 4.91. The van der Waals surface area contributed by atoms with Crippen molar-refractivity contribution < 1.29 is 9.90 Å². The molecule has 20 heavy (non-hydrogen) atoms. The molecule has 0 saturated heterocycles. The van der Waals surface area contributed by atoms with E-state index in [-0.39, 0.29) is 12.5 Å². The highest BCUT2D eigenvalue weighted by Crippen LogP contribution is 2.29. The van der Waals surface area contributed by atoms with E-state index in [9.17, 15) is 4.79 Å². The van der Waals surface area contributed by atoms with Crippen LogP contribution in [0.25, 0.3) is 0 Å². The van der Waals surface area contributed by atoms with Crippen molar-refractivity contribution >= 4 is 73.7 Å². The number of benzene rings is 1. The number of rotatable bonds is 5. The quantitative estimate of drug-likeness (QED) is 0.406. The van der Waals surface area contributed by atoms with Crippen molar-refractivity contribution in [2.24, 2.45) is 0 Å². The smallest absolute Gasteiger partial charge is 0.255 e. The lowest BCUT2D eigenvalue weighted by Gasteiger charge is -2.38. The minimum atomic E-state index is 0.115. The van der Waals surface area contributed by atoms with Crippen LogP contribution in [0.4, 0.5) is 0 Å². The standard InChI is InChI=1S/C14H16I3NO2/c15-9-7-11(13(17)12(16)8-9)14(20)18(5-2-6-19)10-3-1-4-10/h7-8,10,19H,1-6H2. The number of aliphatic hydroxyl groups excluding tert-OH is 1. The summed E-state index contributed by atoms with van der Waals surface area (Å²) in [5.41, 5.74) is 0.798. The van der Waals surface area contributed by atoms with E-state index in [1.165, 1.54) is 6.42 Å². The lowest BCUT2D eigenvalue weighted by atomic mass is 9.91. The molecule has 0 heterocycles. The van der Waals surface area contributed by atoms with Crippen molar-refractivity contribution in [1.82, 2.24) is 4.90 Å². The molecule has 1 aromatic rings. The van der Waals surface area contributed by atoms with Gasteiger partial charge in [0, 0.05) is 29.9 Å². The van der Waals surface area contributed by atoms with Gasteiger partial charge in [0.05, 0.1) is 5.56 Å². The first-order valence-corrected chi connectivity index (χ1v) is 9.84. The normalized spacial score (nSPS) is 15.0. The summed E-state index contributed by atoms with van der Waals surface area (Å²) in [6.45, 7) is 0.787. The first-order chi connectivity index (χ1) is 9.54. The molecule has 0 spiro atoms. The number of amides is 1. The number of aliphatic hydroxyl groups is 1. The molecule has 0 unspecified atom stereocenters. The summed E-state index contributed by atoms with van der Waals surface area (Å²) < 4.78 is 3.24. The van der Waals surface area contributed by atoms with Crippen LogP contribution in [-0.2, 0) is 0 Å². The van der Waals surface area contributed by atoms with Gasteiger partial charge in [-0.05, 0) is 106 Å². The number of halogens is 3. The van der Waals surface area contributed by atoms with Gasteiger partial charge in [-0.15, -0.1) is 0 Å². The van der Waals surface area contributed by atoms with Gasteiger partial charge in [-0.2, -0.15) is 0 Å². The third kappa shape index (κ3) is 3.97. The number of carbonyl (C=O) groups is 1. The van der Waals surface area contributed by atoms with Crippen LogP contribution in [-0.4, -0.2) is 35.1 Å². The maximum atomic E-state index is 12.8. The summed E-state index contributed by atoms with van der Waals surface area (Å²) in [6, 6.07) is 4.42. The average molecular weight is 611 g/mol. The van der Waals surface area contributed by atoms with Crippen LogP contribution in [0.15, 0.2) is 12.1 Å². The highest BCUT2D eigenvalue weighted by atomic mass is 127. The minimum absolute atomic E-state index is 0.115. The number of hydrogen-bond donors (Lipinski definition) is 1. The van der Waals surface area contributed by atoms with Crippen LogP contribution < -0.4 is 0 Å². The van der Waals surface area contributed by atoms with E-state index in [0.717, 1.165) is 29.1 Å². The van der Waals surface area contributed by atoms with Crippen LogP contribution in [0.5, 0.6) is 0 Å². The zero-order valence-corrected chi connectivity index (χ0v) is 17.4. The highest BCUT2D eigenvalue weighted by molar-refractivity contribution is 14.1. The average Bonchev–Trinajstić information content (AvgIpc) is 2.35. The Morgan fingerprint density at radius 2 is 2.00 bits per heavy atom. The molecule has 110 valence electrons. The Bertz CT molecular complexity index is 503. The van der Waals surface area contributed by atoms with Crippen LogP contribution in [0.1, 0.15) is 36.0 Å². The molecule has 1 saturated carbocycles. The SMILES string of the molecule is O=C(c1cc(I)cc(I)c1I)N(CCCO)C1CCC1. The first-order valence-electron chi connectivity index (χ1n) is 6.61. The van der Waals surface area contributed by atoms with Gasteiger partial charge in [-0.3, -0.25) is 4.79 Å². The van der Waals surface area contributed by atoms with Crippen molar-refractivity contribution in [2.75, 3.05) is 13.2 Å². The Kier molecular flexibility index (Phi) is 6.80. The van der Waals surface area contributed by atoms with Crippen LogP contribution >= 0.6 is 67.8 Å². The molecule has 0 bridgehead atoms. The topological polar surface area (TPSA) is 40.5 Å². The molecule has 0 atom stereocenters. The fraction of sp³-hybridized carbons (Fsp3) is 0.500. The molecule has 1 aromatic carbocycles. The fourth-order valence-electron chi connectivity index (χ4n) is 2.26. The van der Waals surface area contributed by atoms with Gasteiger partial charge in [0.2, 0.25) is 0 Å². The zero-order chi connectivity index (χ0) is 14.7. The van der Waals surface area contributed by atoms with E-state index >= 15 is 0 Å². The number of carbonyl (C=O) groups excluding carboxylic acids is 1. The first kappa shape index (κ1) is 17.2. The Balaban J connectivity index is 2.26. The van der Waals surface area contributed by atoms with Gasteiger partial charge in [0.15, 0.2) is 0 Å². The fourth-order valence-corrected chi connectivity index (χ4v) is 4.64. The molecule has 0 radical (unpaired) electrons. The third-order valence-corrected chi connectivity index (χ3v) is 7.22. The number of hydrogen-bond acceptors (Lipinski definition) is 2. The molecule has 1 N–H and O–H groups in total. The molecule has 6 heteroatoms. The summed E-state index contributed by atoms with van der Waals surface area (Å²) in [5, 5.41) is 9.04. The summed E-state index contributed by atoms with van der Waals surface area (Å²) in [6.07, 6.45) is 4.04. The van der Waals surface area contributed by atoms with E-state index in [1.807, 2.05) is 11.0 Å². The second-order valence-corrected chi connectivity index (χ2v) is 8.40. The molecule has 1 aliphatic carbocycles. The Morgan fingerprint density at radius 3 is 2.55 bits per heavy atom. The van der Waals surface area contributed by atoms with Crippen LogP contribution in [0.3, 0.4) is 0 Å². The summed E-state index contributed by atoms with van der Waals surface area (Å²) >= 11 is 6.79. The van der Waals surface area contributed by atoms with Crippen molar-refractivity contribution in [3.63, 3.8) is 0 Å². The minimum Gasteiger partial charge on any atom is -0.396 e. The largest absolute Gasteiger partial charge is 0.396 e. The van der Waals surface area contributed by atoms with E-state index in [2.05, 4.69) is 73.8 Å². The lowest BCUT2D eigenvalue weighted by molar-refractivity contribution is 0.0561. The Hall–Kier alpha value is 0.840. The molecule has 0 aromatic heterocycles. The summed E-state index contributed by atoms with van der Waals surface area (Å²) in [4.78, 5) is 14.8. The molecule has 1 amide bonds. The van der Waals surface area contributed by atoms with Gasteiger partial charge in [-0.1, -0.05) is 0 Å². The van der Waals surface area contributed by atoms with Crippen molar-refractivity contribution in [3.8, 4) is 0 Å². The van der Waals surface area contributed by atoms with Gasteiger partial charge >= 0.3 is 0 Å². The third-order valence-electron chi connectivity index (χ3n) is 3.56. The summed E-state index contributed by atoms with van der Waals surface area (Å²) in [7, 11) is 0. The molecule has 1 fully saturated rings. The lowest BCUT2D eigenvalue weighted by Crippen LogP contribution is -2.45.